The summed E-state index contributed by atoms with van der Waals surface area (Å²) in [7, 11) is 0. The van der Waals surface area contributed by atoms with Gasteiger partial charge in [0, 0.05) is 19.1 Å². The fraction of sp³-hybridized carbons (Fsp3) is 0.462. The SMILES string of the molecule is CC1OCCC1Cn1c(N)nc2c(F)cccc21. The van der Waals surface area contributed by atoms with Crippen molar-refractivity contribution < 1.29 is 9.13 Å². The van der Waals surface area contributed by atoms with Gasteiger partial charge in [-0.3, -0.25) is 0 Å². The Morgan fingerprint density at radius 1 is 1.56 bits per heavy atom. The number of imidazole rings is 1. The average molecular weight is 249 g/mol. The summed E-state index contributed by atoms with van der Waals surface area (Å²) in [5.41, 5.74) is 6.99. The zero-order valence-electron chi connectivity index (χ0n) is 10.3. The van der Waals surface area contributed by atoms with Crippen molar-refractivity contribution in [2.75, 3.05) is 12.3 Å². The second-order valence-corrected chi connectivity index (χ2v) is 4.81. The number of nitrogens with zero attached hydrogens (tertiary/aromatic N) is 2. The molecule has 2 N–H and O–H groups in total. The van der Waals surface area contributed by atoms with E-state index < -0.39 is 0 Å². The van der Waals surface area contributed by atoms with E-state index in [9.17, 15) is 4.39 Å². The fourth-order valence-corrected chi connectivity index (χ4v) is 2.57. The third-order valence-electron chi connectivity index (χ3n) is 3.71. The molecule has 0 amide bonds. The highest BCUT2D eigenvalue weighted by atomic mass is 19.1. The second-order valence-electron chi connectivity index (χ2n) is 4.81. The maximum absolute atomic E-state index is 13.6. The number of nitrogen functional groups attached to an aromatic ring is 1. The third kappa shape index (κ3) is 1.75. The quantitative estimate of drug-likeness (QED) is 0.887. The maximum Gasteiger partial charge on any atom is 0.201 e. The summed E-state index contributed by atoms with van der Waals surface area (Å²) in [5, 5.41) is 0. The molecule has 0 bridgehead atoms. The molecule has 5 heteroatoms. The van der Waals surface area contributed by atoms with Gasteiger partial charge in [0.1, 0.15) is 5.52 Å². The molecule has 2 heterocycles. The van der Waals surface area contributed by atoms with Crippen LogP contribution in [0.1, 0.15) is 13.3 Å². The molecular weight excluding hydrogens is 233 g/mol. The molecule has 4 nitrogen and oxygen atoms in total. The zero-order chi connectivity index (χ0) is 12.7. The smallest absolute Gasteiger partial charge is 0.201 e. The minimum absolute atomic E-state index is 0.218. The predicted octanol–water partition coefficient (Wildman–Crippen LogP) is 2.18. The van der Waals surface area contributed by atoms with E-state index in [0.717, 1.165) is 25.1 Å². The molecule has 0 radical (unpaired) electrons. The number of aromatic nitrogens is 2. The van der Waals surface area contributed by atoms with Crippen molar-refractivity contribution in [1.29, 1.82) is 0 Å². The van der Waals surface area contributed by atoms with E-state index in [-0.39, 0.29) is 11.9 Å². The first-order chi connectivity index (χ1) is 8.66. The van der Waals surface area contributed by atoms with E-state index >= 15 is 0 Å². The molecule has 2 atom stereocenters. The molecule has 18 heavy (non-hydrogen) atoms. The van der Waals surface area contributed by atoms with Gasteiger partial charge >= 0.3 is 0 Å². The van der Waals surface area contributed by atoms with Gasteiger partial charge < -0.3 is 15.0 Å². The molecule has 1 aliphatic rings. The first-order valence-corrected chi connectivity index (χ1v) is 6.18. The minimum atomic E-state index is -0.325. The Morgan fingerprint density at radius 3 is 3.11 bits per heavy atom. The topological polar surface area (TPSA) is 53.1 Å². The largest absolute Gasteiger partial charge is 0.378 e. The molecule has 1 aliphatic heterocycles. The highest BCUT2D eigenvalue weighted by Crippen LogP contribution is 2.27. The Morgan fingerprint density at radius 2 is 2.39 bits per heavy atom. The van der Waals surface area contributed by atoms with Gasteiger partial charge in [0.05, 0.1) is 11.6 Å². The monoisotopic (exact) mass is 249 g/mol. The van der Waals surface area contributed by atoms with Gasteiger partial charge in [-0.15, -0.1) is 0 Å². The Hall–Kier alpha value is -1.62. The summed E-state index contributed by atoms with van der Waals surface area (Å²) in [5.74, 6) is 0.454. The predicted molar refractivity (Wildman–Crippen MR) is 67.6 cm³/mol. The Balaban J connectivity index is 2.01. The zero-order valence-corrected chi connectivity index (χ0v) is 10.3. The van der Waals surface area contributed by atoms with Crippen LogP contribution in [0, 0.1) is 11.7 Å². The maximum atomic E-state index is 13.6. The van der Waals surface area contributed by atoms with E-state index in [1.807, 2.05) is 10.6 Å². The standard InChI is InChI=1S/C13H16FN3O/c1-8-9(5-6-18-8)7-17-11-4-2-3-10(14)12(11)16-13(17)15/h2-4,8-9H,5-7H2,1H3,(H2,15,16). The molecule has 1 fully saturated rings. The summed E-state index contributed by atoms with van der Waals surface area (Å²) in [6, 6.07) is 4.94. The summed E-state index contributed by atoms with van der Waals surface area (Å²) in [4.78, 5) is 4.10. The molecule has 1 aromatic carbocycles. The lowest BCUT2D eigenvalue weighted by Crippen LogP contribution is -2.18. The van der Waals surface area contributed by atoms with Crippen molar-refractivity contribution in [3.8, 4) is 0 Å². The Kier molecular flexibility index (Phi) is 2.70. The highest BCUT2D eigenvalue weighted by Gasteiger charge is 2.26. The average Bonchev–Trinajstić information content (AvgIpc) is 2.87. The van der Waals surface area contributed by atoms with Gasteiger partial charge in [-0.05, 0) is 25.5 Å². The van der Waals surface area contributed by atoms with Crippen LogP contribution >= 0.6 is 0 Å². The van der Waals surface area contributed by atoms with Gasteiger partial charge in [-0.1, -0.05) is 6.07 Å². The molecule has 0 aliphatic carbocycles. The number of para-hydroxylation sites is 1. The van der Waals surface area contributed by atoms with Gasteiger partial charge in [-0.25, -0.2) is 9.37 Å². The number of anilines is 1. The van der Waals surface area contributed by atoms with Crippen LogP contribution in [0.3, 0.4) is 0 Å². The highest BCUT2D eigenvalue weighted by molar-refractivity contribution is 5.78. The Bertz CT molecular complexity index is 581. The second kappa shape index (κ2) is 4.24. The number of fused-ring (bicyclic) bond motifs is 1. The lowest BCUT2D eigenvalue weighted by atomic mass is 10.0. The van der Waals surface area contributed by atoms with Crippen LogP contribution in [0.2, 0.25) is 0 Å². The number of halogens is 1. The summed E-state index contributed by atoms with van der Waals surface area (Å²) < 4.78 is 21.0. The van der Waals surface area contributed by atoms with E-state index in [1.165, 1.54) is 6.07 Å². The third-order valence-corrected chi connectivity index (χ3v) is 3.71. The van der Waals surface area contributed by atoms with Gasteiger partial charge in [0.15, 0.2) is 5.82 Å². The van der Waals surface area contributed by atoms with Crippen molar-refractivity contribution in [3.05, 3.63) is 24.0 Å². The lowest BCUT2D eigenvalue weighted by Gasteiger charge is -2.16. The molecule has 1 aromatic heterocycles. The molecule has 1 saturated heterocycles. The van der Waals surface area contributed by atoms with Crippen LogP contribution < -0.4 is 5.73 Å². The van der Waals surface area contributed by atoms with Crippen LogP contribution in [0.4, 0.5) is 10.3 Å². The number of benzene rings is 1. The van der Waals surface area contributed by atoms with Crippen molar-refractivity contribution in [2.24, 2.45) is 5.92 Å². The van der Waals surface area contributed by atoms with Crippen LogP contribution in [-0.2, 0) is 11.3 Å². The first kappa shape index (κ1) is 11.5. The Labute approximate surface area is 105 Å². The van der Waals surface area contributed by atoms with Crippen LogP contribution in [-0.4, -0.2) is 22.3 Å². The van der Waals surface area contributed by atoms with Gasteiger partial charge in [0.2, 0.25) is 5.95 Å². The number of hydrogen-bond acceptors (Lipinski definition) is 3. The van der Waals surface area contributed by atoms with Crippen molar-refractivity contribution in [1.82, 2.24) is 9.55 Å². The molecule has 0 spiro atoms. The van der Waals surface area contributed by atoms with Crippen molar-refractivity contribution in [3.63, 3.8) is 0 Å². The van der Waals surface area contributed by atoms with Crippen LogP contribution in [0.15, 0.2) is 18.2 Å². The molecule has 0 saturated carbocycles. The van der Waals surface area contributed by atoms with Crippen molar-refractivity contribution in [2.45, 2.75) is 26.0 Å². The van der Waals surface area contributed by atoms with E-state index in [4.69, 9.17) is 10.5 Å². The molecule has 2 unspecified atom stereocenters. The van der Waals surface area contributed by atoms with Crippen LogP contribution in [0.5, 0.6) is 0 Å². The number of rotatable bonds is 2. The number of ether oxygens (including phenoxy) is 1. The fourth-order valence-electron chi connectivity index (χ4n) is 2.57. The summed E-state index contributed by atoms with van der Waals surface area (Å²) in [6.45, 7) is 3.58. The molecule has 96 valence electrons. The van der Waals surface area contributed by atoms with Crippen LogP contribution in [0.25, 0.3) is 11.0 Å². The van der Waals surface area contributed by atoms with Crippen molar-refractivity contribution >= 4 is 17.0 Å². The minimum Gasteiger partial charge on any atom is -0.378 e. The lowest BCUT2D eigenvalue weighted by molar-refractivity contribution is 0.102. The summed E-state index contributed by atoms with van der Waals surface area (Å²) in [6.07, 6.45) is 1.23. The first-order valence-electron chi connectivity index (χ1n) is 6.18. The molecule has 2 aromatic rings. The van der Waals surface area contributed by atoms with Gasteiger partial charge in [-0.2, -0.15) is 0 Å². The molecule has 3 rings (SSSR count). The normalized spacial score (nSPS) is 23.9. The van der Waals surface area contributed by atoms with E-state index in [2.05, 4.69) is 11.9 Å². The van der Waals surface area contributed by atoms with E-state index in [0.29, 0.717) is 17.4 Å². The van der Waals surface area contributed by atoms with Gasteiger partial charge in [0.25, 0.3) is 0 Å². The number of hydrogen-bond donors (Lipinski definition) is 1. The molecular formula is C13H16FN3O. The summed E-state index contributed by atoms with van der Waals surface area (Å²) >= 11 is 0. The number of nitrogens with two attached hydrogens (primary N) is 1. The van der Waals surface area contributed by atoms with E-state index in [1.54, 1.807) is 6.07 Å².